The number of aromatic amines is 1. The molecule has 1 saturated carbocycles. The standard InChI is InChI=1S/C23H39N2O8P/c1-7-22(8-2,33-34(29,30)23(28,9-3)10-4)14-15-13-16(19-18(15)31-21(5,6)32-19)25-12-11-17(26)24-20(25)27/h11-12,15-16,18-19,28H,7-10,13-14H2,1-6H3,(H,29,30)(H,24,26,27)/t15?,16?,18?,19-/m0/s1. The van der Waals surface area contributed by atoms with Gasteiger partial charge >= 0.3 is 13.3 Å². The molecule has 1 aliphatic heterocycles. The van der Waals surface area contributed by atoms with Crippen LogP contribution in [-0.2, 0) is 18.6 Å². The number of ether oxygens (including phenoxy) is 2. The summed E-state index contributed by atoms with van der Waals surface area (Å²) in [7, 11) is -4.38. The lowest BCUT2D eigenvalue weighted by Gasteiger charge is -2.40. The second kappa shape index (κ2) is 9.64. The van der Waals surface area contributed by atoms with Crippen LogP contribution < -0.4 is 11.2 Å². The van der Waals surface area contributed by atoms with Gasteiger partial charge in [-0.3, -0.25) is 18.9 Å². The second-order valence-corrected chi connectivity index (χ2v) is 12.1. The van der Waals surface area contributed by atoms with Crippen LogP contribution >= 0.6 is 7.60 Å². The zero-order chi connectivity index (χ0) is 25.5. The summed E-state index contributed by atoms with van der Waals surface area (Å²) >= 11 is 0. The minimum atomic E-state index is -4.38. The van der Waals surface area contributed by atoms with E-state index in [2.05, 4.69) is 4.98 Å². The van der Waals surface area contributed by atoms with E-state index in [0.29, 0.717) is 25.7 Å². The highest BCUT2D eigenvalue weighted by atomic mass is 31.2. The van der Waals surface area contributed by atoms with Crippen molar-refractivity contribution < 1.29 is 28.6 Å². The van der Waals surface area contributed by atoms with Crippen molar-refractivity contribution in [3.63, 3.8) is 0 Å². The molecule has 194 valence electrons. The van der Waals surface area contributed by atoms with Crippen molar-refractivity contribution in [3.8, 4) is 0 Å². The fourth-order valence-corrected chi connectivity index (χ4v) is 7.22. The van der Waals surface area contributed by atoms with Crippen molar-refractivity contribution in [2.24, 2.45) is 5.92 Å². The third-order valence-electron chi connectivity index (χ3n) is 7.66. The van der Waals surface area contributed by atoms with Gasteiger partial charge in [0.05, 0.1) is 17.7 Å². The Hall–Kier alpha value is -1.29. The predicted molar refractivity (Wildman–Crippen MR) is 127 cm³/mol. The first-order valence-electron chi connectivity index (χ1n) is 12.2. The van der Waals surface area contributed by atoms with Crippen molar-refractivity contribution in [1.29, 1.82) is 0 Å². The number of nitrogens with zero attached hydrogens (tertiary/aromatic N) is 1. The van der Waals surface area contributed by atoms with Gasteiger partial charge in [-0.25, -0.2) is 4.79 Å². The van der Waals surface area contributed by atoms with Crippen LogP contribution in [0.5, 0.6) is 0 Å². The van der Waals surface area contributed by atoms with Crippen molar-refractivity contribution in [3.05, 3.63) is 33.1 Å². The summed E-state index contributed by atoms with van der Waals surface area (Å²) in [4.78, 5) is 37.2. The van der Waals surface area contributed by atoms with E-state index >= 15 is 0 Å². The third-order valence-corrected chi connectivity index (χ3v) is 9.98. The predicted octanol–water partition coefficient (Wildman–Crippen LogP) is 3.28. The topological polar surface area (TPSA) is 140 Å². The minimum absolute atomic E-state index is 0.0945. The highest BCUT2D eigenvalue weighted by molar-refractivity contribution is 7.54. The molecule has 2 aliphatic rings. The fraction of sp³-hybridized carbons (Fsp3) is 0.826. The van der Waals surface area contributed by atoms with Gasteiger partial charge in [0.15, 0.2) is 11.1 Å². The number of fused-ring (bicyclic) bond motifs is 1. The molecule has 10 nitrogen and oxygen atoms in total. The molecule has 2 heterocycles. The van der Waals surface area contributed by atoms with E-state index in [4.69, 9.17) is 14.0 Å². The maximum Gasteiger partial charge on any atom is 0.359 e. The largest absolute Gasteiger partial charge is 0.377 e. The molecule has 0 spiro atoms. The monoisotopic (exact) mass is 502 g/mol. The van der Waals surface area contributed by atoms with Crippen molar-refractivity contribution in [1.82, 2.24) is 9.55 Å². The summed E-state index contributed by atoms with van der Waals surface area (Å²) in [5, 5.41) is 8.97. The molecular formula is C23H39N2O8P. The molecule has 0 bridgehead atoms. The fourth-order valence-electron chi connectivity index (χ4n) is 5.40. The van der Waals surface area contributed by atoms with Gasteiger partial charge < -0.3 is 24.0 Å². The number of hydrogen-bond acceptors (Lipinski definition) is 7. The van der Waals surface area contributed by atoms with Gasteiger partial charge in [-0.15, -0.1) is 0 Å². The average molecular weight is 503 g/mol. The molecule has 5 atom stereocenters. The van der Waals surface area contributed by atoms with Gasteiger partial charge in [0, 0.05) is 12.3 Å². The van der Waals surface area contributed by atoms with Gasteiger partial charge in [-0.2, -0.15) is 0 Å². The van der Waals surface area contributed by atoms with Gasteiger partial charge in [0.2, 0.25) is 0 Å². The Bertz CT molecular complexity index is 1030. The van der Waals surface area contributed by atoms with Crippen LogP contribution in [-0.4, -0.2) is 48.5 Å². The molecule has 4 unspecified atom stereocenters. The van der Waals surface area contributed by atoms with Crippen molar-refractivity contribution in [2.45, 2.75) is 115 Å². The van der Waals surface area contributed by atoms with Crippen LogP contribution in [0.15, 0.2) is 21.9 Å². The van der Waals surface area contributed by atoms with E-state index in [1.807, 2.05) is 27.7 Å². The summed E-state index contributed by atoms with van der Waals surface area (Å²) in [6, 6.07) is 0.922. The van der Waals surface area contributed by atoms with Gasteiger partial charge in [-0.05, 0) is 58.3 Å². The highest BCUT2D eigenvalue weighted by Gasteiger charge is 2.57. The molecule has 0 radical (unpaired) electrons. The SMILES string of the molecule is CCC(CC)(CC1CC(n2ccc(=O)[nH]c2=O)[C@@H]2OC(C)(C)OC12)OP(=O)(O)C(O)(CC)CC. The Labute approximate surface area is 200 Å². The Morgan fingerprint density at radius 3 is 2.26 bits per heavy atom. The molecule has 0 aromatic carbocycles. The molecule has 1 aromatic rings. The van der Waals surface area contributed by atoms with E-state index in [-0.39, 0.29) is 30.9 Å². The molecule has 1 aromatic heterocycles. The van der Waals surface area contributed by atoms with Crippen LogP contribution in [0.4, 0.5) is 0 Å². The molecule has 1 aliphatic carbocycles. The van der Waals surface area contributed by atoms with Crippen molar-refractivity contribution >= 4 is 7.60 Å². The number of nitrogens with one attached hydrogen (secondary N) is 1. The second-order valence-electron chi connectivity index (χ2n) is 10.0. The number of hydrogen-bond donors (Lipinski definition) is 3. The van der Waals surface area contributed by atoms with E-state index in [1.54, 1.807) is 13.8 Å². The van der Waals surface area contributed by atoms with E-state index in [1.165, 1.54) is 16.8 Å². The maximum absolute atomic E-state index is 13.2. The number of aliphatic hydroxyl groups is 1. The third kappa shape index (κ3) is 4.99. The summed E-state index contributed by atoms with van der Waals surface area (Å²) < 4.78 is 33.1. The molecule has 0 amide bonds. The summed E-state index contributed by atoms with van der Waals surface area (Å²) in [6.07, 6.45) is 2.67. The Kier molecular flexibility index (Phi) is 7.74. The quantitative estimate of drug-likeness (QED) is 0.414. The van der Waals surface area contributed by atoms with Crippen LogP contribution in [0.3, 0.4) is 0 Å². The Morgan fingerprint density at radius 2 is 1.74 bits per heavy atom. The lowest BCUT2D eigenvalue weighted by atomic mass is 9.84. The van der Waals surface area contributed by atoms with E-state index in [0.717, 1.165) is 0 Å². The Balaban J connectivity index is 1.94. The first-order chi connectivity index (χ1) is 15.8. The van der Waals surface area contributed by atoms with Gasteiger partial charge in [0.25, 0.3) is 5.56 Å². The lowest BCUT2D eigenvalue weighted by Crippen LogP contribution is -2.39. The first-order valence-corrected chi connectivity index (χ1v) is 13.8. The summed E-state index contributed by atoms with van der Waals surface area (Å²) in [5.74, 6) is -1.01. The van der Waals surface area contributed by atoms with Crippen LogP contribution in [0.25, 0.3) is 0 Å². The molecular weight excluding hydrogens is 463 g/mol. The highest BCUT2D eigenvalue weighted by Crippen LogP contribution is 2.62. The first kappa shape index (κ1) is 27.3. The molecule has 1 saturated heterocycles. The number of H-pyrrole nitrogens is 1. The number of aromatic nitrogens is 2. The lowest BCUT2D eigenvalue weighted by molar-refractivity contribution is -0.163. The zero-order valence-corrected chi connectivity index (χ0v) is 21.8. The van der Waals surface area contributed by atoms with Gasteiger partial charge in [0.1, 0.15) is 6.10 Å². The molecule has 3 rings (SSSR count). The van der Waals surface area contributed by atoms with E-state index in [9.17, 15) is 24.2 Å². The maximum atomic E-state index is 13.2. The normalized spacial score (nSPS) is 28.6. The minimum Gasteiger partial charge on any atom is -0.377 e. The molecule has 34 heavy (non-hydrogen) atoms. The average Bonchev–Trinajstić information content (AvgIpc) is 3.25. The molecule has 2 fully saturated rings. The molecule has 3 N–H and O–H groups in total. The smallest absolute Gasteiger partial charge is 0.359 e. The Morgan fingerprint density at radius 1 is 1.15 bits per heavy atom. The van der Waals surface area contributed by atoms with Crippen LogP contribution in [0, 0.1) is 5.92 Å². The number of rotatable bonds is 10. The zero-order valence-electron chi connectivity index (χ0n) is 20.9. The van der Waals surface area contributed by atoms with E-state index < -0.39 is 41.7 Å². The molecule has 11 heteroatoms. The summed E-state index contributed by atoms with van der Waals surface area (Å²) in [5.41, 5.74) is -1.97. The summed E-state index contributed by atoms with van der Waals surface area (Å²) in [6.45, 7) is 10.7. The van der Waals surface area contributed by atoms with Crippen molar-refractivity contribution in [2.75, 3.05) is 0 Å². The van der Waals surface area contributed by atoms with Gasteiger partial charge in [-0.1, -0.05) is 27.7 Å². The van der Waals surface area contributed by atoms with Crippen LogP contribution in [0.2, 0.25) is 0 Å². The van der Waals surface area contributed by atoms with Crippen LogP contribution in [0.1, 0.15) is 86.1 Å².